The number of benzene rings is 1. The molecule has 2 fully saturated rings. The van der Waals surface area contributed by atoms with Crippen molar-refractivity contribution in [2.45, 2.75) is 32.3 Å². The summed E-state index contributed by atoms with van der Waals surface area (Å²) in [5, 5.41) is 11.0. The molecule has 2 atom stereocenters. The maximum Gasteiger partial charge on any atom is 0.246 e. The molecule has 2 saturated heterocycles. The van der Waals surface area contributed by atoms with Gasteiger partial charge in [-0.15, -0.1) is 0 Å². The molecule has 6 nitrogen and oxygen atoms in total. The minimum atomic E-state index is -0.259. The molecule has 0 aliphatic carbocycles. The van der Waals surface area contributed by atoms with Gasteiger partial charge in [0.25, 0.3) is 0 Å². The average molecular weight is 468 g/mol. The fourth-order valence-corrected chi connectivity index (χ4v) is 4.32. The molecule has 2 aliphatic rings. The Morgan fingerprint density at radius 3 is 2.71 bits per heavy atom. The third-order valence-electron chi connectivity index (χ3n) is 6.17. The van der Waals surface area contributed by atoms with Gasteiger partial charge in [0.2, 0.25) is 11.8 Å². The van der Waals surface area contributed by atoms with Crippen molar-refractivity contribution in [2.75, 3.05) is 45.8 Å². The van der Waals surface area contributed by atoms with Gasteiger partial charge in [-0.25, -0.2) is 0 Å². The SMILES string of the molecule is CC1CCN(CCCN2CCN(C(=O)/C=C/c3ccc(Cl)c(Cl)c3)CCC2=O)CC1O. The van der Waals surface area contributed by atoms with E-state index in [1.54, 1.807) is 29.2 Å². The average Bonchev–Trinajstić information content (AvgIpc) is 2.93. The van der Waals surface area contributed by atoms with Crippen LogP contribution in [-0.4, -0.2) is 83.5 Å². The van der Waals surface area contributed by atoms with Crippen molar-refractivity contribution >= 4 is 41.1 Å². The number of rotatable bonds is 6. The molecule has 3 rings (SSSR count). The van der Waals surface area contributed by atoms with Crippen LogP contribution in [0.1, 0.15) is 31.7 Å². The number of aliphatic hydroxyl groups is 1. The number of carbonyl (C=O) groups is 2. The van der Waals surface area contributed by atoms with E-state index in [2.05, 4.69) is 11.8 Å². The van der Waals surface area contributed by atoms with E-state index in [0.717, 1.165) is 31.5 Å². The van der Waals surface area contributed by atoms with Crippen molar-refractivity contribution in [1.29, 1.82) is 0 Å². The maximum atomic E-state index is 12.6. The molecule has 1 aromatic rings. The van der Waals surface area contributed by atoms with E-state index >= 15 is 0 Å². The quantitative estimate of drug-likeness (QED) is 0.652. The molecular formula is C23H31Cl2N3O3. The van der Waals surface area contributed by atoms with Crippen LogP contribution < -0.4 is 0 Å². The molecule has 170 valence electrons. The van der Waals surface area contributed by atoms with E-state index in [9.17, 15) is 14.7 Å². The van der Waals surface area contributed by atoms with Crippen molar-refractivity contribution in [2.24, 2.45) is 5.92 Å². The Bertz CT molecular complexity index is 817. The van der Waals surface area contributed by atoms with Crippen molar-refractivity contribution in [3.63, 3.8) is 0 Å². The molecule has 2 heterocycles. The lowest BCUT2D eigenvalue weighted by Gasteiger charge is -2.34. The normalized spacial score (nSPS) is 23.4. The third-order valence-corrected chi connectivity index (χ3v) is 6.91. The van der Waals surface area contributed by atoms with Crippen molar-refractivity contribution in [3.05, 3.63) is 39.9 Å². The summed E-state index contributed by atoms with van der Waals surface area (Å²) in [5.74, 6) is 0.339. The predicted octanol–water partition coefficient (Wildman–Crippen LogP) is 3.16. The number of piperidine rings is 1. The van der Waals surface area contributed by atoms with E-state index in [1.165, 1.54) is 6.08 Å². The number of halogens is 2. The molecule has 2 aliphatic heterocycles. The molecule has 0 spiro atoms. The van der Waals surface area contributed by atoms with Crippen LogP contribution in [0.5, 0.6) is 0 Å². The Morgan fingerprint density at radius 1 is 1.16 bits per heavy atom. The smallest absolute Gasteiger partial charge is 0.246 e. The summed E-state index contributed by atoms with van der Waals surface area (Å²) in [6.07, 6.45) is 5.19. The van der Waals surface area contributed by atoms with Gasteiger partial charge in [-0.1, -0.05) is 36.2 Å². The van der Waals surface area contributed by atoms with Gasteiger partial charge in [-0.05, 0) is 55.6 Å². The second-order valence-electron chi connectivity index (χ2n) is 8.45. The van der Waals surface area contributed by atoms with Gasteiger partial charge in [-0.2, -0.15) is 0 Å². The van der Waals surface area contributed by atoms with E-state index in [-0.39, 0.29) is 17.9 Å². The third kappa shape index (κ3) is 6.94. The number of hydrogen-bond donors (Lipinski definition) is 1. The Kier molecular flexibility index (Phi) is 8.78. The summed E-state index contributed by atoms with van der Waals surface area (Å²) in [5.41, 5.74) is 0.799. The number of hydrogen-bond acceptors (Lipinski definition) is 4. The zero-order valence-corrected chi connectivity index (χ0v) is 19.5. The lowest BCUT2D eigenvalue weighted by molar-refractivity contribution is -0.130. The second-order valence-corrected chi connectivity index (χ2v) is 9.26. The topological polar surface area (TPSA) is 64.1 Å². The number of β-amino-alcohol motifs (C(OH)–C–C–N with tert-alkyl or cyclic N) is 1. The monoisotopic (exact) mass is 467 g/mol. The molecular weight excluding hydrogens is 437 g/mol. The summed E-state index contributed by atoms with van der Waals surface area (Å²) in [6.45, 7) is 6.86. The summed E-state index contributed by atoms with van der Waals surface area (Å²) in [7, 11) is 0. The van der Waals surface area contributed by atoms with Crippen molar-refractivity contribution in [1.82, 2.24) is 14.7 Å². The highest BCUT2D eigenvalue weighted by Crippen LogP contribution is 2.23. The summed E-state index contributed by atoms with van der Waals surface area (Å²) in [4.78, 5) is 30.9. The number of likely N-dealkylation sites (tertiary alicyclic amines) is 1. The van der Waals surface area contributed by atoms with Crippen LogP contribution in [0.15, 0.2) is 24.3 Å². The number of amides is 2. The van der Waals surface area contributed by atoms with Gasteiger partial charge in [-0.3, -0.25) is 9.59 Å². The number of aliphatic hydroxyl groups excluding tert-OH is 1. The van der Waals surface area contributed by atoms with Crippen LogP contribution in [0.2, 0.25) is 10.0 Å². The Labute approximate surface area is 194 Å². The molecule has 0 bridgehead atoms. The second kappa shape index (κ2) is 11.3. The van der Waals surface area contributed by atoms with Gasteiger partial charge in [0.05, 0.1) is 16.1 Å². The lowest BCUT2D eigenvalue weighted by atomic mass is 9.96. The first-order valence-electron chi connectivity index (χ1n) is 10.9. The first-order valence-corrected chi connectivity index (χ1v) is 11.7. The van der Waals surface area contributed by atoms with Crippen LogP contribution in [0.4, 0.5) is 0 Å². The van der Waals surface area contributed by atoms with Gasteiger partial charge >= 0.3 is 0 Å². The predicted molar refractivity (Wildman–Crippen MR) is 124 cm³/mol. The van der Waals surface area contributed by atoms with E-state index in [0.29, 0.717) is 55.1 Å². The Hall–Kier alpha value is -1.60. The van der Waals surface area contributed by atoms with Crippen LogP contribution in [0.25, 0.3) is 6.08 Å². The molecule has 31 heavy (non-hydrogen) atoms. The highest BCUT2D eigenvalue weighted by Gasteiger charge is 2.25. The van der Waals surface area contributed by atoms with Crippen LogP contribution >= 0.6 is 23.2 Å². The zero-order valence-electron chi connectivity index (χ0n) is 18.0. The molecule has 2 amide bonds. The maximum absolute atomic E-state index is 12.6. The minimum Gasteiger partial charge on any atom is -0.392 e. The van der Waals surface area contributed by atoms with Gasteiger partial charge in [0.1, 0.15) is 0 Å². The summed E-state index contributed by atoms with van der Waals surface area (Å²) in [6, 6.07) is 5.21. The minimum absolute atomic E-state index is 0.0936. The van der Waals surface area contributed by atoms with Crippen LogP contribution in [0.3, 0.4) is 0 Å². The standard InChI is InChI=1S/C23H31Cl2N3O3/c1-17-7-11-26(16-21(17)29)9-2-10-27-13-14-28(12-8-23(27)31)22(30)6-4-18-3-5-19(24)20(25)15-18/h3-6,15,17,21,29H,2,7-14,16H2,1H3/b6-4+. The van der Waals surface area contributed by atoms with Gasteiger partial charge < -0.3 is 19.8 Å². The highest BCUT2D eigenvalue weighted by atomic mass is 35.5. The largest absolute Gasteiger partial charge is 0.392 e. The molecule has 1 N–H and O–H groups in total. The molecule has 2 unspecified atom stereocenters. The zero-order chi connectivity index (χ0) is 22.4. The number of carbonyl (C=O) groups excluding carboxylic acids is 2. The molecule has 8 heteroatoms. The van der Waals surface area contributed by atoms with E-state index < -0.39 is 0 Å². The molecule has 0 radical (unpaired) electrons. The first kappa shape index (κ1) is 24.1. The van der Waals surface area contributed by atoms with E-state index in [1.807, 2.05) is 4.90 Å². The van der Waals surface area contributed by atoms with Crippen LogP contribution in [0, 0.1) is 5.92 Å². The summed E-state index contributed by atoms with van der Waals surface area (Å²) >= 11 is 11.9. The number of nitrogens with zero attached hydrogens (tertiary/aromatic N) is 3. The molecule has 1 aromatic carbocycles. The molecule has 0 aromatic heterocycles. The summed E-state index contributed by atoms with van der Waals surface area (Å²) < 4.78 is 0. The van der Waals surface area contributed by atoms with Crippen LogP contribution in [-0.2, 0) is 9.59 Å². The van der Waals surface area contributed by atoms with Gasteiger partial charge in [0, 0.05) is 45.2 Å². The van der Waals surface area contributed by atoms with Gasteiger partial charge in [0.15, 0.2) is 0 Å². The Balaban J connectivity index is 1.45. The first-order chi connectivity index (χ1) is 14.8. The lowest BCUT2D eigenvalue weighted by Crippen LogP contribution is -2.44. The fourth-order valence-electron chi connectivity index (χ4n) is 4.02. The van der Waals surface area contributed by atoms with Crippen molar-refractivity contribution < 1.29 is 14.7 Å². The Morgan fingerprint density at radius 2 is 1.97 bits per heavy atom. The fraction of sp³-hybridized carbons (Fsp3) is 0.565. The highest BCUT2D eigenvalue weighted by molar-refractivity contribution is 6.42. The molecule has 0 saturated carbocycles. The van der Waals surface area contributed by atoms with Crippen molar-refractivity contribution in [3.8, 4) is 0 Å². The van der Waals surface area contributed by atoms with E-state index in [4.69, 9.17) is 23.2 Å².